The Balaban J connectivity index is 1.53. The van der Waals surface area contributed by atoms with Crippen molar-refractivity contribution in [3.8, 4) is 0 Å². The summed E-state index contributed by atoms with van der Waals surface area (Å²) in [5, 5.41) is 17.7. The lowest BCUT2D eigenvalue weighted by molar-refractivity contribution is 0.0946. The smallest absolute Gasteiger partial charge is 0.241 e. The molecule has 1 saturated heterocycles. The summed E-state index contributed by atoms with van der Waals surface area (Å²) in [6, 6.07) is -0.380. The first kappa shape index (κ1) is 20.0. The molecule has 2 N–H and O–H groups in total. The quantitative estimate of drug-likeness (QED) is 0.686. The van der Waals surface area contributed by atoms with Crippen molar-refractivity contribution in [1.29, 1.82) is 0 Å². The van der Waals surface area contributed by atoms with Gasteiger partial charge in [-0.05, 0) is 41.1 Å². The number of nitrogens with one attached hydrogen (secondary N) is 1. The summed E-state index contributed by atoms with van der Waals surface area (Å²) >= 11 is 3.28. The molecule has 2 aromatic heterocycles. The summed E-state index contributed by atoms with van der Waals surface area (Å²) in [5.41, 5.74) is 0.968. The van der Waals surface area contributed by atoms with Gasteiger partial charge in [-0.3, -0.25) is 0 Å². The second kappa shape index (κ2) is 7.19. The highest BCUT2D eigenvalue weighted by atomic mass is 79.9. The van der Waals surface area contributed by atoms with Gasteiger partial charge in [0.25, 0.3) is 0 Å². The Morgan fingerprint density at radius 3 is 2.68 bits per heavy atom. The third-order valence-electron chi connectivity index (χ3n) is 5.31. The van der Waals surface area contributed by atoms with Crippen LogP contribution in [-0.4, -0.2) is 62.9 Å². The van der Waals surface area contributed by atoms with Gasteiger partial charge in [-0.2, -0.15) is 4.31 Å². The number of fused-ring (bicyclic) bond motifs is 1. The van der Waals surface area contributed by atoms with Crippen LogP contribution in [0.5, 0.6) is 0 Å². The number of hydrogen-bond acceptors (Lipinski definition) is 6. The van der Waals surface area contributed by atoms with E-state index < -0.39 is 21.9 Å². The van der Waals surface area contributed by atoms with E-state index in [0.717, 1.165) is 0 Å². The van der Waals surface area contributed by atoms with Crippen LogP contribution in [0.1, 0.15) is 44.7 Å². The van der Waals surface area contributed by atoms with Gasteiger partial charge in [0.1, 0.15) is 5.52 Å². The second-order valence-corrected chi connectivity index (χ2v) is 10.8. The van der Waals surface area contributed by atoms with Crippen molar-refractivity contribution in [2.24, 2.45) is 0 Å². The number of aliphatic hydroxyl groups excluding tert-OH is 1. The molecule has 2 aliphatic rings. The summed E-state index contributed by atoms with van der Waals surface area (Å²) in [6.07, 6.45) is 2.37. The van der Waals surface area contributed by atoms with Crippen LogP contribution in [0.15, 0.2) is 10.7 Å². The fourth-order valence-electron chi connectivity index (χ4n) is 3.61. The normalized spacial score (nSPS) is 24.2. The van der Waals surface area contributed by atoms with E-state index in [1.807, 2.05) is 13.8 Å². The Hall–Kier alpha value is -1.30. The molecule has 1 aliphatic heterocycles. The molecule has 154 valence electrons. The second-order valence-electron chi connectivity index (χ2n) is 7.76. The zero-order chi connectivity index (χ0) is 20.2. The first-order valence-corrected chi connectivity index (χ1v) is 11.7. The van der Waals surface area contributed by atoms with E-state index in [2.05, 4.69) is 31.3 Å². The summed E-state index contributed by atoms with van der Waals surface area (Å²) in [7, 11) is -3.30. The number of rotatable bonds is 5. The van der Waals surface area contributed by atoms with Crippen molar-refractivity contribution in [2.45, 2.75) is 56.4 Å². The lowest BCUT2D eigenvalue weighted by Crippen LogP contribution is -2.52. The van der Waals surface area contributed by atoms with Crippen molar-refractivity contribution in [1.82, 2.24) is 18.9 Å². The zero-order valence-corrected chi connectivity index (χ0v) is 18.0. The van der Waals surface area contributed by atoms with Crippen LogP contribution in [0.3, 0.4) is 0 Å². The maximum absolute atomic E-state index is 14.4. The Morgan fingerprint density at radius 1 is 1.36 bits per heavy atom. The molecule has 0 bridgehead atoms. The lowest BCUT2D eigenvalue weighted by atomic mass is 10.0. The van der Waals surface area contributed by atoms with E-state index in [1.165, 1.54) is 15.0 Å². The molecule has 2 aromatic rings. The maximum atomic E-state index is 14.4. The summed E-state index contributed by atoms with van der Waals surface area (Å²) in [4.78, 5) is 4.17. The van der Waals surface area contributed by atoms with E-state index in [4.69, 9.17) is 0 Å². The zero-order valence-electron chi connectivity index (χ0n) is 15.6. The van der Waals surface area contributed by atoms with Gasteiger partial charge in [0.15, 0.2) is 5.82 Å². The van der Waals surface area contributed by atoms with Gasteiger partial charge >= 0.3 is 0 Å². The van der Waals surface area contributed by atoms with Crippen molar-refractivity contribution in [3.63, 3.8) is 0 Å². The third kappa shape index (κ3) is 3.42. The number of aromatic nitrogens is 3. The van der Waals surface area contributed by atoms with E-state index in [-0.39, 0.29) is 35.2 Å². The Labute approximate surface area is 171 Å². The first-order chi connectivity index (χ1) is 13.2. The number of sulfonamides is 1. The largest absolute Gasteiger partial charge is 0.390 e. The molecule has 11 heteroatoms. The minimum absolute atomic E-state index is 0.0376. The Morgan fingerprint density at radius 2 is 2.07 bits per heavy atom. The van der Waals surface area contributed by atoms with Crippen LogP contribution in [0.4, 0.5) is 10.3 Å². The van der Waals surface area contributed by atoms with Crippen LogP contribution in [0.25, 0.3) is 5.52 Å². The van der Waals surface area contributed by atoms with Crippen LogP contribution in [0.2, 0.25) is 0 Å². The molecule has 0 amide bonds. The minimum atomic E-state index is -3.30. The molecule has 0 aromatic carbocycles. The molecular weight excluding hydrogens is 453 g/mol. The fourth-order valence-corrected chi connectivity index (χ4v) is 6.31. The van der Waals surface area contributed by atoms with E-state index in [1.54, 1.807) is 0 Å². The molecule has 28 heavy (non-hydrogen) atoms. The number of aliphatic hydroxyl groups is 1. The molecule has 2 fully saturated rings. The Kier molecular flexibility index (Phi) is 5.13. The van der Waals surface area contributed by atoms with Crippen LogP contribution in [-0.2, 0) is 10.0 Å². The number of nitrogens with zero attached hydrogens (tertiary/aromatic N) is 4. The van der Waals surface area contributed by atoms with Crippen molar-refractivity contribution < 1.29 is 17.9 Å². The van der Waals surface area contributed by atoms with Crippen LogP contribution < -0.4 is 5.32 Å². The van der Waals surface area contributed by atoms with Gasteiger partial charge in [-0.1, -0.05) is 13.8 Å². The molecule has 2 atom stereocenters. The topological polar surface area (TPSA) is 99.8 Å². The highest BCUT2D eigenvalue weighted by Gasteiger charge is 2.43. The minimum Gasteiger partial charge on any atom is -0.390 e. The number of hydrogen-bond donors (Lipinski definition) is 2. The van der Waals surface area contributed by atoms with Gasteiger partial charge in [0.05, 0.1) is 33.8 Å². The molecule has 3 heterocycles. The van der Waals surface area contributed by atoms with Crippen LogP contribution >= 0.6 is 15.9 Å². The van der Waals surface area contributed by atoms with E-state index in [9.17, 15) is 17.9 Å². The molecule has 0 radical (unpaired) electrons. The SMILES string of the molecule is CC(C)c1c(Br)c(F)c2cnc(N[C@@H]3CCN(S(=O)(=O)C4CC4)C[C@H]3O)nn12. The highest BCUT2D eigenvalue weighted by molar-refractivity contribution is 9.10. The number of anilines is 1. The predicted molar refractivity (Wildman–Crippen MR) is 106 cm³/mol. The standard InChI is InChI=1S/C17H23BrFN5O3S/c1-9(2)16-14(18)15(19)12-7-20-17(22-24(12)16)21-11-5-6-23(8-13(11)25)28(26,27)10-3-4-10/h7,9-11,13,25H,3-6,8H2,1-2H3,(H,21,22)/t11-,13-/m1/s1. The first-order valence-electron chi connectivity index (χ1n) is 9.36. The van der Waals surface area contributed by atoms with Gasteiger partial charge < -0.3 is 10.4 Å². The van der Waals surface area contributed by atoms with E-state index >= 15 is 0 Å². The van der Waals surface area contributed by atoms with Crippen molar-refractivity contribution in [2.75, 3.05) is 18.4 Å². The molecule has 0 spiro atoms. The van der Waals surface area contributed by atoms with Gasteiger partial charge in [0, 0.05) is 13.1 Å². The molecule has 1 saturated carbocycles. The number of piperidine rings is 1. The van der Waals surface area contributed by atoms with Crippen molar-refractivity contribution in [3.05, 3.63) is 22.2 Å². The third-order valence-corrected chi connectivity index (χ3v) is 8.43. The lowest BCUT2D eigenvalue weighted by Gasteiger charge is -2.35. The summed E-state index contributed by atoms with van der Waals surface area (Å²) in [6.45, 7) is 4.29. The molecule has 0 unspecified atom stereocenters. The Bertz CT molecular complexity index is 1010. The molecule has 1 aliphatic carbocycles. The van der Waals surface area contributed by atoms with E-state index in [0.29, 0.717) is 36.0 Å². The highest BCUT2D eigenvalue weighted by Crippen LogP contribution is 2.33. The number of halogens is 2. The fraction of sp³-hybridized carbons (Fsp3) is 0.647. The molecule has 4 rings (SSSR count). The van der Waals surface area contributed by atoms with Gasteiger partial charge in [-0.25, -0.2) is 22.3 Å². The number of β-amino-alcohol motifs (C(OH)–C–C–N with tert-alkyl or cyclic N) is 1. The molecule has 8 nitrogen and oxygen atoms in total. The monoisotopic (exact) mass is 475 g/mol. The van der Waals surface area contributed by atoms with Gasteiger partial charge in [-0.15, -0.1) is 5.10 Å². The van der Waals surface area contributed by atoms with Crippen LogP contribution in [0, 0.1) is 5.82 Å². The van der Waals surface area contributed by atoms with Crippen molar-refractivity contribution >= 4 is 37.4 Å². The average molecular weight is 476 g/mol. The molecular formula is C17H23BrFN5O3S. The predicted octanol–water partition coefficient (Wildman–Crippen LogP) is 2.09. The summed E-state index contributed by atoms with van der Waals surface area (Å²) in [5.74, 6) is -0.107. The summed E-state index contributed by atoms with van der Waals surface area (Å²) < 4.78 is 42.4. The van der Waals surface area contributed by atoms with Gasteiger partial charge in [0.2, 0.25) is 16.0 Å². The maximum Gasteiger partial charge on any atom is 0.241 e. The average Bonchev–Trinajstić information content (AvgIpc) is 3.45.